The Labute approximate surface area is 164 Å². The molecule has 0 N–H and O–H groups in total. The maximum atomic E-state index is 13.2. The molecular formula is C17H15N5O6S. The molecule has 0 fully saturated rings. The predicted molar refractivity (Wildman–Crippen MR) is 102 cm³/mol. The van der Waals surface area contributed by atoms with Crippen LogP contribution in [0, 0.1) is 20.2 Å². The summed E-state index contributed by atoms with van der Waals surface area (Å²) < 4.78 is 29.1. The number of hydrogen-bond acceptors (Lipinski definition) is 7. The van der Waals surface area contributed by atoms with Crippen LogP contribution in [0.2, 0.25) is 0 Å². The van der Waals surface area contributed by atoms with Crippen molar-refractivity contribution in [3.8, 4) is 0 Å². The fraction of sp³-hybridized carbons (Fsp3) is 0.235. The first kappa shape index (κ1) is 19.0. The number of likely N-dealkylation sites (N-methyl/N-ethyl adjacent to an activating group) is 1. The predicted octanol–water partition coefficient (Wildman–Crippen LogP) is 2.62. The van der Waals surface area contributed by atoms with Crippen LogP contribution in [0.15, 0.2) is 47.6 Å². The van der Waals surface area contributed by atoms with Crippen LogP contribution in [0.4, 0.5) is 11.4 Å². The topological polar surface area (TPSA) is 141 Å². The minimum Gasteiger partial charge on any atom is -0.311 e. The van der Waals surface area contributed by atoms with Crippen LogP contribution in [-0.4, -0.2) is 38.7 Å². The Kier molecular flexibility index (Phi) is 4.31. The van der Waals surface area contributed by atoms with E-state index in [2.05, 4.69) is 4.98 Å². The summed E-state index contributed by atoms with van der Waals surface area (Å²) in [7, 11) is -3.97. The van der Waals surface area contributed by atoms with Crippen molar-refractivity contribution in [2.24, 2.45) is 0 Å². The number of nitrogens with zero attached hydrogens (tertiary/aromatic N) is 5. The van der Waals surface area contributed by atoms with Crippen LogP contribution in [0.25, 0.3) is 11.0 Å². The molecule has 1 unspecified atom stereocenters. The summed E-state index contributed by atoms with van der Waals surface area (Å²) in [6.07, 6.45) is 0. The number of nitro benzene ring substituents is 2. The molecule has 11 nitrogen and oxygen atoms in total. The molecule has 0 amide bonds. The Morgan fingerprint density at radius 1 is 1.07 bits per heavy atom. The number of imidazole rings is 1. The number of aromatic nitrogens is 2. The largest absolute Gasteiger partial charge is 0.311 e. The summed E-state index contributed by atoms with van der Waals surface area (Å²) in [5.41, 5.74) is 1.01. The number of rotatable bonds is 4. The zero-order valence-corrected chi connectivity index (χ0v) is 15.9. The third-order valence-electron chi connectivity index (χ3n) is 4.95. The van der Waals surface area contributed by atoms with Gasteiger partial charge in [-0.15, -0.1) is 0 Å². The lowest BCUT2D eigenvalue weighted by Crippen LogP contribution is -2.42. The highest BCUT2D eigenvalue weighted by molar-refractivity contribution is 7.89. The highest BCUT2D eigenvalue weighted by Gasteiger charge is 2.41. The molecule has 150 valence electrons. The molecule has 1 aliphatic heterocycles. The molecule has 4 rings (SSSR count). The second-order valence-corrected chi connectivity index (χ2v) is 8.29. The van der Waals surface area contributed by atoms with Crippen LogP contribution in [0.5, 0.6) is 0 Å². The van der Waals surface area contributed by atoms with Gasteiger partial charge < -0.3 is 4.57 Å². The van der Waals surface area contributed by atoms with Gasteiger partial charge in [-0.3, -0.25) is 20.2 Å². The van der Waals surface area contributed by atoms with Crippen LogP contribution in [0.1, 0.15) is 18.5 Å². The van der Waals surface area contributed by atoms with Crippen molar-refractivity contribution >= 4 is 32.4 Å². The van der Waals surface area contributed by atoms with Gasteiger partial charge in [-0.1, -0.05) is 19.1 Å². The van der Waals surface area contributed by atoms with Crippen molar-refractivity contribution in [1.29, 1.82) is 0 Å². The van der Waals surface area contributed by atoms with E-state index < -0.39 is 25.9 Å². The van der Waals surface area contributed by atoms with E-state index in [0.717, 1.165) is 0 Å². The van der Waals surface area contributed by atoms with Crippen molar-refractivity contribution in [3.63, 3.8) is 0 Å². The molecule has 2 heterocycles. The number of fused-ring (bicyclic) bond motifs is 3. The fourth-order valence-corrected chi connectivity index (χ4v) is 5.33. The summed E-state index contributed by atoms with van der Waals surface area (Å²) in [6.45, 7) is 2.05. The molecule has 0 saturated heterocycles. The third-order valence-corrected chi connectivity index (χ3v) is 6.85. The Hall–Kier alpha value is -3.38. The van der Waals surface area contributed by atoms with Crippen LogP contribution in [0.3, 0.4) is 0 Å². The minimum absolute atomic E-state index is 0.0974. The van der Waals surface area contributed by atoms with E-state index >= 15 is 0 Å². The highest BCUT2D eigenvalue weighted by Crippen LogP contribution is 2.37. The van der Waals surface area contributed by atoms with Gasteiger partial charge in [0.15, 0.2) is 0 Å². The zero-order valence-electron chi connectivity index (χ0n) is 15.1. The molecule has 0 radical (unpaired) electrons. The summed E-state index contributed by atoms with van der Waals surface area (Å²) in [4.78, 5) is 25.1. The Balaban J connectivity index is 1.89. The van der Waals surface area contributed by atoms with Gasteiger partial charge in [-0.2, -0.15) is 4.31 Å². The van der Waals surface area contributed by atoms with Crippen LogP contribution >= 0.6 is 0 Å². The van der Waals surface area contributed by atoms with Crippen molar-refractivity contribution in [2.45, 2.75) is 24.7 Å². The number of nitro groups is 2. The maximum Gasteiger partial charge on any atom is 0.277 e. The van der Waals surface area contributed by atoms with E-state index in [9.17, 15) is 28.6 Å². The summed E-state index contributed by atoms with van der Waals surface area (Å²) in [6, 6.07) is 9.06. The molecule has 0 aliphatic carbocycles. The van der Waals surface area contributed by atoms with Gasteiger partial charge in [-0.25, -0.2) is 13.4 Å². The van der Waals surface area contributed by atoms with Gasteiger partial charge in [0, 0.05) is 37.4 Å². The van der Waals surface area contributed by atoms with E-state index in [4.69, 9.17) is 0 Å². The highest BCUT2D eigenvalue weighted by atomic mass is 32.2. The third kappa shape index (κ3) is 2.93. The number of benzene rings is 2. The normalized spacial score (nSPS) is 18.4. The molecule has 0 saturated carbocycles. The van der Waals surface area contributed by atoms with Gasteiger partial charge in [-0.05, 0) is 11.6 Å². The van der Waals surface area contributed by atoms with E-state index in [-0.39, 0.29) is 29.6 Å². The first-order valence-electron chi connectivity index (χ1n) is 8.65. The summed E-state index contributed by atoms with van der Waals surface area (Å²) in [5.74, 6) is 0. The Morgan fingerprint density at radius 3 is 2.28 bits per heavy atom. The second kappa shape index (κ2) is 6.60. The average molecular weight is 417 g/mol. The van der Waals surface area contributed by atoms with E-state index in [0.29, 0.717) is 16.6 Å². The Bertz CT molecular complexity index is 1250. The van der Waals surface area contributed by atoms with Crippen molar-refractivity contribution in [2.75, 3.05) is 6.54 Å². The lowest BCUT2D eigenvalue weighted by atomic mass is 10.1. The SMILES string of the molecule is CCN1C(c2ccc([N+](=O)[O-])cc2)Cn2c(nc3ccc([N+](=O)[O-])cc32)S1(=O)=O. The van der Waals surface area contributed by atoms with Gasteiger partial charge in [0.2, 0.25) is 5.16 Å². The average Bonchev–Trinajstić information content (AvgIpc) is 3.06. The van der Waals surface area contributed by atoms with E-state index in [1.54, 1.807) is 6.92 Å². The van der Waals surface area contributed by atoms with Crippen molar-refractivity contribution in [1.82, 2.24) is 13.9 Å². The Morgan fingerprint density at radius 2 is 1.69 bits per heavy atom. The van der Waals surface area contributed by atoms with Gasteiger partial charge in [0.1, 0.15) is 0 Å². The molecule has 1 atom stereocenters. The molecule has 12 heteroatoms. The van der Waals surface area contributed by atoms with Gasteiger partial charge in [0.25, 0.3) is 21.4 Å². The number of hydrogen-bond donors (Lipinski definition) is 0. The lowest BCUT2D eigenvalue weighted by Gasteiger charge is -2.34. The molecule has 3 aromatic rings. The molecule has 1 aromatic heterocycles. The lowest BCUT2D eigenvalue weighted by molar-refractivity contribution is -0.385. The summed E-state index contributed by atoms with van der Waals surface area (Å²) in [5, 5.41) is 21.9. The molecule has 0 spiro atoms. The van der Waals surface area contributed by atoms with Crippen LogP contribution in [-0.2, 0) is 16.6 Å². The minimum atomic E-state index is -3.97. The monoisotopic (exact) mass is 417 g/mol. The maximum absolute atomic E-state index is 13.2. The zero-order chi connectivity index (χ0) is 20.9. The fourth-order valence-electron chi connectivity index (χ4n) is 3.59. The number of sulfonamides is 1. The smallest absolute Gasteiger partial charge is 0.277 e. The van der Waals surface area contributed by atoms with E-state index in [1.807, 2.05) is 0 Å². The van der Waals surface area contributed by atoms with E-state index in [1.165, 1.54) is 51.3 Å². The molecule has 29 heavy (non-hydrogen) atoms. The second-order valence-electron chi connectivity index (χ2n) is 6.51. The quantitative estimate of drug-likeness (QED) is 0.469. The van der Waals surface area contributed by atoms with Crippen molar-refractivity contribution in [3.05, 3.63) is 68.3 Å². The molecule has 2 aromatic carbocycles. The number of non-ortho nitro benzene ring substituents is 2. The first-order valence-corrected chi connectivity index (χ1v) is 10.1. The first-order chi connectivity index (χ1) is 13.7. The summed E-state index contributed by atoms with van der Waals surface area (Å²) >= 11 is 0. The van der Waals surface area contributed by atoms with Crippen molar-refractivity contribution < 1.29 is 18.3 Å². The van der Waals surface area contributed by atoms with Gasteiger partial charge in [0.05, 0.1) is 26.9 Å². The molecular weight excluding hydrogens is 402 g/mol. The molecule has 0 bridgehead atoms. The standard InChI is InChI=1S/C17H15N5O6S/c1-2-20-16(11-3-5-12(6-4-11)21(23)24)10-19-15-9-13(22(25)26)7-8-14(15)18-17(19)29(20,27)28/h3-9,16H,2,10H2,1H3. The van der Waals surface area contributed by atoms with Crippen LogP contribution < -0.4 is 0 Å². The van der Waals surface area contributed by atoms with Gasteiger partial charge >= 0.3 is 0 Å². The molecule has 1 aliphatic rings.